The van der Waals surface area contributed by atoms with E-state index in [1.54, 1.807) is 23.0 Å². The number of imidazole rings is 1. The monoisotopic (exact) mass is 260 g/mol. The smallest absolute Gasteiger partial charge is 0.335 e. The summed E-state index contributed by atoms with van der Waals surface area (Å²) in [6.07, 6.45) is 2.67. The summed E-state index contributed by atoms with van der Waals surface area (Å²) < 4.78 is 6.60. The summed E-state index contributed by atoms with van der Waals surface area (Å²) in [5, 5.41) is 8.94. The van der Waals surface area contributed by atoms with Crippen molar-refractivity contribution in [3.05, 3.63) is 42.7 Å². The second kappa shape index (κ2) is 5.34. The molecule has 0 atom stereocenters. The summed E-state index contributed by atoms with van der Waals surface area (Å²) in [4.78, 5) is 26.0. The van der Waals surface area contributed by atoms with E-state index in [-0.39, 0.29) is 12.2 Å². The molecular formula is C13H12N2O4. The quantitative estimate of drug-likeness (QED) is 0.650. The fourth-order valence-corrected chi connectivity index (χ4v) is 1.67. The predicted molar refractivity (Wildman–Crippen MR) is 67.8 cm³/mol. The van der Waals surface area contributed by atoms with Gasteiger partial charge in [-0.1, -0.05) is 6.58 Å². The molecule has 98 valence electrons. The topological polar surface area (TPSA) is 81.4 Å². The molecule has 0 unspecified atom stereocenters. The van der Waals surface area contributed by atoms with Gasteiger partial charge in [-0.25, -0.2) is 14.6 Å². The number of carbonyl (C=O) groups excluding carboxylic acids is 1. The fraction of sp³-hybridized carbons (Fsp3) is 0.154. The van der Waals surface area contributed by atoms with Crippen molar-refractivity contribution >= 4 is 23.0 Å². The van der Waals surface area contributed by atoms with Crippen LogP contribution in [0, 0.1) is 0 Å². The van der Waals surface area contributed by atoms with Crippen LogP contribution in [-0.4, -0.2) is 33.2 Å². The van der Waals surface area contributed by atoms with Gasteiger partial charge in [-0.2, -0.15) is 0 Å². The molecule has 1 N–H and O–H groups in total. The number of hydrogen-bond acceptors (Lipinski definition) is 4. The van der Waals surface area contributed by atoms with E-state index < -0.39 is 11.9 Å². The number of fused-ring (bicyclic) bond motifs is 1. The van der Waals surface area contributed by atoms with Crippen molar-refractivity contribution in [2.75, 3.05) is 6.61 Å². The van der Waals surface area contributed by atoms with Crippen LogP contribution < -0.4 is 0 Å². The summed E-state index contributed by atoms with van der Waals surface area (Å²) in [5.41, 5.74) is 1.58. The Labute approximate surface area is 108 Å². The first-order valence-corrected chi connectivity index (χ1v) is 5.59. The number of rotatable bonds is 5. The number of carboxylic acids is 1. The van der Waals surface area contributed by atoms with Gasteiger partial charge >= 0.3 is 11.9 Å². The van der Waals surface area contributed by atoms with E-state index in [1.165, 1.54) is 6.07 Å². The van der Waals surface area contributed by atoms with Crippen LogP contribution in [0.4, 0.5) is 0 Å². The maximum Gasteiger partial charge on any atom is 0.335 e. The Balaban J connectivity index is 2.18. The van der Waals surface area contributed by atoms with Gasteiger partial charge in [0.1, 0.15) is 6.61 Å². The number of benzene rings is 1. The van der Waals surface area contributed by atoms with Gasteiger partial charge in [0.25, 0.3) is 0 Å². The lowest BCUT2D eigenvalue weighted by molar-refractivity contribution is -0.137. The molecular weight excluding hydrogens is 248 g/mol. The summed E-state index contributed by atoms with van der Waals surface area (Å²) in [6.45, 7) is 3.87. The Kier molecular flexibility index (Phi) is 3.61. The molecule has 0 spiro atoms. The SMILES string of the molecule is C=CC(=O)OCCn1cnc2ccc(C(=O)O)cc21. The first-order valence-electron chi connectivity index (χ1n) is 5.59. The van der Waals surface area contributed by atoms with E-state index >= 15 is 0 Å². The summed E-state index contributed by atoms with van der Waals surface area (Å²) in [5.74, 6) is -1.48. The Morgan fingerprint density at radius 2 is 2.26 bits per heavy atom. The summed E-state index contributed by atoms with van der Waals surface area (Å²) in [7, 11) is 0. The van der Waals surface area contributed by atoms with Crippen molar-refractivity contribution in [2.45, 2.75) is 6.54 Å². The van der Waals surface area contributed by atoms with Gasteiger partial charge < -0.3 is 14.4 Å². The second-order valence-corrected chi connectivity index (χ2v) is 3.82. The molecule has 0 bridgehead atoms. The van der Waals surface area contributed by atoms with Gasteiger partial charge in [0, 0.05) is 6.08 Å². The van der Waals surface area contributed by atoms with Gasteiger partial charge in [-0.3, -0.25) is 0 Å². The van der Waals surface area contributed by atoms with Crippen LogP contribution >= 0.6 is 0 Å². The van der Waals surface area contributed by atoms with Crippen molar-refractivity contribution in [1.82, 2.24) is 9.55 Å². The zero-order valence-corrected chi connectivity index (χ0v) is 10.1. The average Bonchev–Trinajstić information content (AvgIpc) is 2.81. The van der Waals surface area contributed by atoms with Crippen molar-refractivity contribution in [1.29, 1.82) is 0 Å². The predicted octanol–water partition coefficient (Wildman–Crippen LogP) is 1.46. The minimum absolute atomic E-state index is 0.174. The highest BCUT2D eigenvalue weighted by Crippen LogP contribution is 2.15. The largest absolute Gasteiger partial charge is 0.478 e. The van der Waals surface area contributed by atoms with E-state index in [0.717, 1.165) is 6.08 Å². The number of ether oxygens (including phenoxy) is 1. The number of esters is 1. The fourth-order valence-electron chi connectivity index (χ4n) is 1.67. The Bertz CT molecular complexity index is 645. The lowest BCUT2D eigenvalue weighted by Gasteiger charge is -2.05. The lowest BCUT2D eigenvalue weighted by atomic mass is 10.2. The van der Waals surface area contributed by atoms with Crippen LogP contribution in [0.5, 0.6) is 0 Å². The zero-order chi connectivity index (χ0) is 13.8. The van der Waals surface area contributed by atoms with Gasteiger partial charge in [-0.05, 0) is 18.2 Å². The summed E-state index contributed by atoms with van der Waals surface area (Å²) in [6, 6.07) is 4.69. The molecule has 1 aromatic heterocycles. The van der Waals surface area contributed by atoms with Gasteiger partial charge in [0.05, 0.1) is 29.5 Å². The molecule has 0 aliphatic rings. The third kappa shape index (κ3) is 2.79. The van der Waals surface area contributed by atoms with Crippen LogP contribution in [0.15, 0.2) is 37.2 Å². The normalized spacial score (nSPS) is 10.3. The molecule has 19 heavy (non-hydrogen) atoms. The van der Waals surface area contributed by atoms with Gasteiger partial charge in [0.15, 0.2) is 0 Å². The van der Waals surface area contributed by atoms with Crippen LogP contribution in [-0.2, 0) is 16.1 Å². The van der Waals surface area contributed by atoms with Crippen LogP contribution in [0.2, 0.25) is 0 Å². The molecule has 6 heteroatoms. The molecule has 0 aliphatic carbocycles. The van der Waals surface area contributed by atoms with Crippen LogP contribution in [0.25, 0.3) is 11.0 Å². The van der Waals surface area contributed by atoms with E-state index in [0.29, 0.717) is 17.6 Å². The van der Waals surface area contributed by atoms with Crippen LogP contribution in [0.3, 0.4) is 0 Å². The molecule has 0 fully saturated rings. The molecule has 1 heterocycles. The number of aromatic nitrogens is 2. The minimum atomic E-state index is -0.993. The highest BCUT2D eigenvalue weighted by Gasteiger charge is 2.08. The number of aromatic carboxylic acids is 1. The zero-order valence-electron chi connectivity index (χ0n) is 10.1. The molecule has 2 rings (SSSR count). The molecule has 0 saturated carbocycles. The lowest BCUT2D eigenvalue weighted by Crippen LogP contribution is -2.08. The van der Waals surface area contributed by atoms with Crippen LogP contribution in [0.1, 0.15) is 10.4 Å². The molecule has 0 aliphatic heterocycles. The second-order valence-electron chi connectivity index (χ2n) is 3.82. The first kappa shape index (κ1) is 12.8. The first-order chi connectivity index (χ1) is 9.11. The van der Waals surface area contributed by atoms with Crippen molar-refractivity contribution < 1.29 is 19.4 Å². The number of carbonyl (C=O) groups is 2. The van der Waals surface area contributed by atoms with Gasteiger partial charge in [0.2, 0.25) is 0 Å². The minimum Gasteiger partial charge on any atom is -0.478 e. The highest BCUT2D eigenvalue weighted by atomic mass is 16.5. The highest BCUT2D eigenvalue weighted by molar-refractivity contribution is 5.92. The standard InChI is InChI=1S/C13H12N2O4/c1-2-12(16)19-6-5-15-8-14-10-4-3-9(13(17)18)7-11(10)15/h2-4,7-8H,1,5-6H2,(H,17,18). The number of nitrogens with zero attached hydrogens (tertiary/aromatic N) is 2. The maximum atomic E-state index is 10.9. The molecule has 0 amide bonds. The van der Waals surface area contributed by atoms with Crippen molar-refractivity contribution in [2.24, 2.45) is 0 Å². The van der Waals surface area contributed by atoms with Gasteiger partial charge in [-0.15, -0.1) is 0 Å². The third-order valence-corrected chi connectivity index (χ3v) is 2.61. The van der Waals surface area contributed by atoms with Crippen molar-refractivity contribution in [3.8, 4) is 0 Å². The van der Waals surface area contributed by atoms with E-state index in [4.69, 9.17) is 9.84 Å². The number of hydrogen-bond donors (Lipinski definition) is 1. The third-order valence-electron chi connectivity index (χ3n) is 2.61. The molecule has 0 radical (unpaired) electrons. The van der Waals surface area contributed by atoms with E-state index in [9.17, 15) is 9.59 Å². The average molecular weight is 260 g/mol. The Morgan fingerprint density at radius 1 is 1.47 bits per heavy atom. The summed E-state index contributed by atoms with van der Waals surface area (Å²) >= 11 is 0. The number of carboxylic acid groups (broad SMARTS) is 1. The van der Waals surface area contributed by atoms with Crippen molar-refractivity contribution in [3.63, 3.8) is 0 Å². The molecule has 6 nitrogen and oxygen atoms in total. The molecule has 2 aromatic rings. The molecule has 0 saturated heterocycles. The van der Waals surface area contributed by atoms with E-state index in [1.807, 2.05) is 0 Å². The molecule has 1 aromatic carbocycles. The Hall–Kier alpha value is -2.63. The Morgan fingerprint density at radius 3 is 2.95 bits per heavy atom. The van der Waals surface area contributed by atoms with E-state index in [2.05, 4.69) is 11.6 Å². The maximum absolute atomic E-state index is 10.9.